The molecule has 1 aromatic carbocycles. The molecule has 0 fully saturated rings. The first kappa shape index (κ1) is 19.4. The molecule has 156 valence electrons. The molecule has 4 heterocycles. The highest BCUT2D eigenvalue weighted by Gasteiger charge is 2.26. The molecule has 1 aliphatic rings. The summed E-state index contributed by atoms with van der Waals surface area (Å²) in [6.07, 6.45) is 6.09. The van der Waals surface area contributed by atoms with Gasteiger partial charge in [-0.2, -0.15) is 0 Å². The highest BCUT2D eigenvalue weighted by atomic mass is 32.2. The molecule has 0 unspecified atom stereocenters. The van der Waals surface area contributed by atoms with Gasteiger partial charge in [-0.15, -0.1) is 0 Å². The van der Waals surface area contributed by atoms with Crippen LogP contribution in [0, 0.1) is 0 Å². The van der Waals surface area contributed by atoms with Crippen LogP contribution in [0.2, 0.25) is 0 Å². The van der Waals surface area contributed by atoms with Gasteiger partial charge in [-0.05, 0) is 30.2 Å². The Bertz CT molecular complexity index is 1300. The van der Waals surface area contributed by atoms with Crippen LogP contribution in [0.4, 0.5) is 5.82 Å². The molecule has 0 radical (unpaired) electrons. The summed E-state index contributed by atoms with van der Waals surface area (Å²) in [5, 5.41) is 3.31. The van der Waals surface area contributed by atoms with Crippen molar-refractivity contribution in [2.75, 3.05) is 17.6 Å². The van der Waals surface area contributed by atoms with E-state index in [-0.39, 0.29) is 5.56 Å². The van der Waals surface area contributed by atoms with E-state index in [0.717, 1.165) is 22.4 Å². The molecule has 0 amide bonds. The van der Waals surface area contributed by atoms with E-state index < -0.39 is 10.8 Å². The number of fused-ring (bicyclic) bond motifs is 1. The van der Waals surface area contributed by atoms with Crippen LogP contribution in [0.25, 0.3) is 22.8 Å². The number of oxazole rings is 1. The van der Waals surface area contributed by atoms with Crippen LogP contribution in [0.5, 0.6) is 0 Å². The van der Waals surface area contributed by atoms with Crippen LogP contribution in [-0.4, -0.2) is 36.4 Å². The Morgan fingerprint density at radius 1 is 1.13 bits per heavy atom. The second kappa shape index (κ2) is 8.27. The van der Waals surface area contributed by atoms with Crippen LogP contribution >= 0.6 is 0 Å². The van der Waals surface area contributed by atoms with Crippen molar-refractivity contribution in [3.8, 4) is 22.8 Å². The lowest BCUT2D eigenvalue weighted by Crippen LogP contribution is -2.12. The number of benzene rings is 1. The number of rotatable bonds is 6. The maximum absolute atomic E-state index is 12.5. The van der Waals surface area contributed by atoms with Crippen LogP contribution in [0.15, 0.2) is 69.2 Å². The maximum Gasteiger partial charge on any atom is 0.248 e. The molecule has 0 aliphatic carbocycles. The van der Waals surface area contributed by atoms with Crippen molar-refractivity contribution in [1.29, 1.82) is 0 Å². The summed E-state index contributed by atoms with van der Waals surface area (Å²) in [6, 6.07) is 11.1. The van der Waals surface area contributed by atoms with Crippen molar-refractivity contribution in [3.63, 3.8) is 0 Å². The number of anilines is 1. The number of nitrogens with one attached hydrogen (secondary N) is 2. The molecular weight excluding hydrogens is 414 g/mol. The lowest BCUT2D eigenvalue weighted by atomic mass is 10.1. The molecule has 31 heavy (non-hydrogen) atoms. The lowest BCUT2D eigenvalue weighted by Gasteiger charge is -2.12. The van der Waals surface area contributed by atoms with Gasteiger partial charge in [-0.25, -0.2) is 15.0 Å². The normalized spacial score (nSPS) is 15.0. The SMILES string of the molecule is O=c1cc(CCNc2nc(-c3ccc(-c4ncco4)cc3)nc3c2[S@](=O)CC3)cc[nH]1. The van der Waals surface area contributed by atoms with Gasteiger partial charge in [0.2, 0.25) is 11.4 Å². The topological polar surface area (TPSA) is 114 Å². The Hall–Kier alpha value is -3.59. The molecule has 8 nitrogen and oxygen atoms in total. The van der Waals surface area contributed by atoms with Crippen molar-refractivity contribution >= 4 is 16.6 Å². The third-order valence-electron chi connectivity index (χ3n) is 5.06. The van der Waals surface area contributed by atoms with Gasteiger partial charge >= 0.3 is 0 Å². The number of hydrogen-bond acceptors (Lipinski definition) is 7. The zero-order chi connectivity index (χ0) is 21.2. The van der Waals surface area contributed by atoms with Gasteiger partial charge in [0.1, 0.15) is 17.0 Å². The average Bonchev–Trinajstić information content (AvgIpc) is 3.44. The standard InChI is InChI=1S/C22H19N5O3S/c28-18-13-14(5-8-23-18)6-9-24-21-19-17(7-12-31(19)29)26-20(27-21)15-1-3-16(4-2-15)22-25-10-11-30-22/h1-5,8,10-11,13H,6-7,9,12H2,(H,23,28)(H,24,26,27)/t31-/m1/s1. The Kier molecular flexibility index (Phi) is 5.17. The summed E-state index contributed by atoms with van der Waals surface area (Å²) in [7, 11) is -1.11. The summed E-state index contributed by atoms with van der Waals surface area (Å²) in [5.41, 5.74) is 3.34. The monoisotopic (exact) mass is 433 g/mol. The molecule has 0 bridgehead atoms. The summed E-state index contributed by atoms with van der Waals surface area (Å²) in [6.45, 7) is 0.562. The number of aryl methyl sites for hydroxylation is 1. The van der Waals surface area contributed by atoms with Crippen LogP contribution < -0.4 is 10.9 Å². The molecule has 0 saturated heterocycles. The number of pyridine rings is 1. The molecule has 1 aliphatic heterocycles. The van der Waals surface area contributed by atoms with Crippen molar-refractivity contribution in [1.82, 2.24) is 19.9 Å². The molecule has 0 spiro atoms. The highest BCUT2D eigenvalue weighted by molar-refractivity contribution is 7.85. The summed E-state index contributed by atoms with van der Waals surface area (Å²) in [5.74, 6) is 2.28. The molecule has 3 aromatic heterocycles. The molecule has 4 aromatic rings. The van der Waals surface area contributed by atoms with Gasteiger partial charge in [0.05, 0.1) is 22.7 Å². The van der Waals surface area contributed by atoms with E-state index in [1.54, 1.807) is 18.5 Å². The predicted octanol–water partition coefficient (Wildman–Crippen LogP) is 2.81. The van der Waals surface area contributed by atoms with Crippen LogP contribution in [0.1, 0.15) is 11.3 Å². The minimum absolute atomic E-state index is 0.128. The highest BCUT2D eigenvalue weighted by Crippen LogP contribution is 2.31. The molecular formula is C22H19N5O3S. The molecule has 2 N–H and O–H groups in total. The fraction of sp³-hybridized carbons (Fsp3) is 0.182. The minimum atomic E-state index is -1.11. The fourth-order valence-corrected chi connectivity index (χ4v) is 4.87. The summed E-state index contributed by atoms with van der Waals surface area (Å²) in [4.78, 5) is 28.3. The Morgan fingerprint density at radius 3 is 2.74 bits per heavy atom. The van der Waals surface area contributed by atoms with Gasteiger partial charge < -0.3 is 14.7 Å². The van der Waals surface area contributed by atoms with Crippen molar-refractivity contribution in [3.05, 3.63) is 76.7 Å². The first-order chi connectivity index (χ1) is 15.2. The van der Waals surface area contributed by atoms with E-state index in [2.05, 4.69) is 25.3 Å². The summed E-state index contributed by atoms with van der Waals surface area (Å²) >= 11 is 0. The average molecular weight is 433 g/mol. The van der Waals surface area contributed by atoms with E-state index in [1.807, 2.05) is 30.3 Å². The molecule has 0 saturated carbocycles. The van der Waals surface area contributed by atoms with E-state index in [9.17, 15) is 9.00 Å². The van der Waals surface area contributed by atoms with Crippen LogP contribution in [0.3, 0.4) is 0 Å². The Balaban J connectivity index is 1.41. The van der Waals surface area contributed by atoms with Crippen molar-refractivity contribution < 1.29 is 8.63 Å². The number of aromatic nitrogens is 4. The second-order valence-electron chi connectivity index (χ2n) is 7.12. The molecule has 9 heteroatoms. The Morgan fingerprint density at radius 2 is 1.97 bits per heavy atom. The Labute approximate surface area is 180 Å². The van der Waals surface area contributed by atoms with Gasteiger partial charge in [0.25, 0.3) is 0 Å². The largest absolute Gasteiger partial charge is 0.445 e. The zero-order valence-electron chi connectivity index (χ0n) is 16.5. The van der Waals surface area contributed by atoms with Gasteiger partial charge in [-0.3, -0.25) is 9.00 Å². The fourth-order valence-electron chi connectivity index (χ4n) is 3.54. The third kappa shape index (κ3) is 4.04. The molecule has 1 atom stereocenters. The van der Waals surface area contributed by atoms with Gasteiger partial charge in [0, 0.05) is 42.1 Å². The van der Waals surface area contributed by atoms with E-state index in [1.165, 1.54) is 6.26 Å². The van der Waals surface area contributed by atoms with E-state index in [0.29, 0.717) is 47.6 Å². The van der Waals surface area contributed by atoms with Crippen molar-refractivity contribution in [2.24, 2.45) is 0 Å². The lowest BCUT2D eigenvalue weighted by molar-refractivity contribution is 0.574. The predicted molar refractivity (Wildman–Crippen MR) is 117 cm³/mol. The zero-order valence-corrected chi connectivity index (χ0v) is 17.3. The van der Waals surface area contributed by atoms with E-state index in [4.69, 9.17) is 4.42 Å². The van der Waals surface area contributed by atoms with Crippen molar-refractivity contribution in [2.45, 2.75) is 17.7 Å². The summed E-state index contributed by atoms with van der Waals surface area (Å²) < 4.78 is 17.9. The number of aromatic amines is 1. The first-order valence-electron chi connectivity index (χ1n) is 9.88. The van der Waals surface area contributed by atoms with E-state index >= 15 is 0 Å². The number of nitrogens with zero attached hydrogens (tertiary/aromatic N) is 3. The number of hydrogen-bond donors (Lipinski definition) is 2. The quantitative estimate of drug-likeness (QED) is 0.481. The second-order valence-corrected chi connectivity index (χ2v) is 8.63. The number of H-pyrrole nitrogens is 1. The van der Waals surface area contributed by atoms with Gasteiger partial charge in [0.15, 0.2) is 5.82 Å². The minimum Gasteiger partial charge on any atom is -0.445 e. The third-order valence-corrected chi connectivity index (χ3v) is 6.51. The van der Waals surface area contributed by atoms with Gasteiger partial charge in [-0.1, -0.05) is 12.1 Å². The van der Waals surface area contributed by atoms with Crippen LogP contribution in [-0.2, 0) is 23.6 Å². The first-order valence-corrected chi connectivity index (χ1v) is 11.2. The maximum atomic E-state index is 12.5. The smallest absolute Gasteiger partial charge is 0.248 e. The molecule has 5 rings (SSSR count).